The summed E-state index contributed by atoms with van der Waals surface area (Å²) in [5.41, 5.74) is 0. The number of rotatable bonds is 44. The maximum atomic E-state index is 13.2. The first-order chi connectivity index (χ1) is 30.0. The molecule has 6 nitrogen and oxygen atoms in total. The van der Waals surface area contributed by atoms with Crippen LogP contribution in [0.2, 0.25) is 0 Å². The minimum absolute atomic E-state index is 0.0524. The van der Waals surface area contributed by atoms with Crippen molar-refractivity contribution in [3.63, 3.8) is 0 Å². The van der Waals surface area contributed by atoms with Gasteiger partial charge in [0.1, 0.15) is 6.10 Å². The van der Waals surface area contributed by atoms with Gasteiger partial charge in [-0.25, -0.2) is 0 Å². The van der Waals surface area contributed by atoms with Gasteiger partial charge in [-0.3, -0.25) is 9.59 Å². The zero-order valence-electron chi connectivity index (χ0n) is 39.8. The third-order valence-corrected chi connectivity index (χ3v) is 11.0. The van der Waals surface area contributed by atoms with Gasteiger partial charge in [0.05, 0.1) is 25.2 Å². The molecule has 0 heterocycles. The lowest BCUT2D eigenvalue weighted by Gasteiger charge is -2.23. The molecule has 0 fully saturated rings. The molecule has 3 atom stereocenters. The van der Waals surface area contributed by atoms with Gasteiger partial charge >= 0.3 is 5.97 Å². The molecule has 0 rings (SSSR count). The Morgan fingerprint density at radius 3 is 1.39 bits per heavy atom. The summed E-state index contributed by atoms with van der Waals surface area (Å²) in [4.78, 5) is 26.1. The van der Waals surface area contributed by atoms with Gasteiger partial charge in [-0.15, -0.1) is 0 Å². The zero-order chi connectivity index (χ0) is 44.5. The van der Waals surface area contributed by atoms with Crippen LogP contribution in [0.3, 0.4) is 0 Å². The predicted octanol–water partition coefficient (Wildman–Crippen LogP) is 15.2. The van der Waals surface area contributed by atoms with Crippen LogP contribution in [0.1, 0.15) is 226 Å². The highest BCUT2D eigenvalue weighted by Gasteiger charge is 2.23. The van der Waals surface area contributed by atoms with Gasteiger partial charge in [0, 0.05) is 6.42 Å². The summed E-state index contributed by atoms with van der Waals surface area (Å²) in [5, 5.41) is 23.7. The van der Waals surface area contributed by atoms with Crippen LogP contribution >= 0.6 is 0 Å². The second-order valence-electron chi connectivity index (χ2n) is 16.8. The Bertz CT molecular complexity index is 1180. The van der Waals surface area contributed by atoms with Crippen molar-refractivity contribution in [2.24, 2.45) is 0 Å². The van der Waals surface area contributed by atoms with E-state index in [9.17, 15) is 19.8 Å². The molecule has 3 N–H and O–H groups in total. The van der Waals surface area contributed by atoms with Crippen LogP contribution in [-0.2, 0) is 14.3 Å². The van der Waals surface area contributed by atoms with Gasteiger partial charge in [-0.05, 0) is 76.7 Å². The monoisotopic (exact) mass is 850 g/mol. The number of carbonyl (C=O) groups is 2. The van der Waals surface area contributed by atoms with Gasteiger partial charge in [0.25, 0.3) is 0 Å². The molecule has 0 saturated carbocycles. The third-order valence-electron chi connectivity index (χ3n) is 11.0. The number of unbranched alkanes of at least 4 members (excludes halogenated alkanes) is 20. The second kappa shape index (κ2) is 48.1. The fraction of sp³-hybridized carbons (Fsp3) is 0.709. The maximum Gasteiger partial charge on any atom is 0.306 e. The number of hydrogen-bond donors (Lipinski definition) is 3. The molecule has 0 aromatic rings. The molecule has 0 spiro atoms. The molecule has 0 radical (unpaired) electrons. The highest BCUT2D eigenvalue weighted by atomic mass is 16.5. The molecule has 0 aromatic heterocycles. The van der Waals surface area contributed by atoms with E-state index in [1.165, 1.54) is 96.3 Å². The summed E-state index contributed by atoms with van der Waals surface area (Å²) in [6, 6.07) is -0.747. The number of ether oxygens (including phenoxy) is 1. The van der Waals surface area contributed by atoms with Crippen LogP contribution < -0.4 is 5.32 Å². The molecule has 3 unspecified atom stereocenters. The lowest BCUT2D eigenvalue weighted by molar-refractivity contribution is -0.148. The lowest BCUT2D eigenvalue weighted by atomic mass is 10.0. The van der Waals surface area contributed by atoms with E-state index in [1.807, 2.05) is 6.08 Å². The fourth-order valence-electron chi connectivity index (χ4n) is 7.19. The van der Waals surface area contributed by atoms with Crippen LogP contribution in [0.25, 0.3) is 0 Å². The number of esters is 1. The first kappa shape index (κ1) is 58.0. The van der Waals surface area contributed by atoms with E-state index in [2.05, 4.69) is 99.0 Å². The van der Waals surface area contributed by atoms with Crippen LogP contribution in [0, 0.1) is 0 Å². The minimum Gasteiger partial charge on any atom is -0.458 e. The van der Waals surface area contributed by atoms with Crippen molar-refractivity contribution in [3.8, 4) is 0 Å². The first-order valence-corrected chi connectivity index (χ1v) is 25.3. The normalized spacial score (nSPS) is 14.0. The lowest BCUT2D eigenvalue weighted by Crippen LogP contribution is -2.46. The van der Waals surface area contributed by atoms with E-state index in [0.717, 1.165) is 83.5 Å². The number of nitrogens with one attached hydrogen (secondary N) is 1. The summed E-state index contributed by atoms with van der Waals surface area (Å²) in [7, 11) is 0. The predicted molar refractivity (Wildman–Crippen MR) is 264 cm³/mol. The summed E-state index contributed by atoms with van der Waals surface area (Å²) in [6.45, 7) is 6.22. The molecule has 0 saturated heterocycles. The van der Waals surface area contributed by atoms with Gasteiger partial charge < -0.3 is 20.3 Å². The molecule has 0 aliphatic heterocycles. The average Bonchev–Trinajstić information content (AvgIpc) is 3.25. The summed E-state index contributed by atoms with van der Waals surface area (Å²) in [5.74, 6) is -0.642. The minimum atomic E-state index is -0.823. The van der Waals surface area contributed by atoms with Crippen molar-refractivity contribution in [2.75, 3.05) is 6.61 Å². The van der Waals surface area contributed by atoms with Gasteiger partial charge in [0.2, 0.25) is 5.91 Å². The van der Waals surface area contributed by atoms with Crippen LogP contribution in [0.4, 0.5) is 0 Å². The Balaban J connectivity index is 4.73. The van der Waals surface area contributed by atoms with Crippen molar-refractivity contribution in [1.82, 2.24) is 5.32 Å². The van der Waals surface area contributed by atoms with E-state index >= 15 is 0 Å². The van der Waals surface area contributed by atoms with Crippen LogP contribution in [-0.4, -0.2) is 46.9 Å². The number of hydrogen-bond acceptors (Lipinski definition) is 5. The standard InChI is InChI=1S/C55H95NO5/c1-4-7-10-13-16-19-22-25-28-31-34-37-40-43-46-51(61-55(60)48-45-42-39-36-33-30-27-24-21-18-15-12-9-6-3)49-54(59)56-52(50-57)53(58)47-44-41-38-35-32-29-26-23-20-17-14-11-8-5-2/h7,9-10,12,16,18-19,21,25,28,34,37,43,46,51-53,57-58H,4-6,8,11,13-15,17,20,22-24,26-27,29-33,35-36,38-42,44-45,47-50H2,1-3H3,(H,56,59)/b10-7+,12-9+,19-16+,21-18+,28-25+,37-34+,46-43+. The molecule has 0 bridgehead atoms. The fourth-order valence-corrected chi connectivity index (χ4v) is 7.19. The average molecular weight is 850 g/mol. The number of amides is 1. The first-order valence-electron chi connectivity index (χ1n) is 25.3. The quantitative estimate of drug-likeness (QED) is 0.0322. The third kappa shape index (κ3) is 43.5. The van der Waals surface area contributed by atoms with E-state index in [1.54, 1.807) is 6.08 Å². The van der Waals surface area contributed by atoms with Crippen molar-refractivity contribution in [1.29, 1.82) is 0 Å². The smallest absolute Gasteiger partial charge is 0.306 e. The van der Waals surface area contributed by atoms with E-state index < -0.39 is 18.2 Å². The van der Waals surface area contributed by atoms with Gasteiger partial charge in [-0.1, -0.05) is 222 Å². The second-order valence-corrected chi connectivity index (χ2v) is 16.8. The highest BCUT2D eigenvalue weighted by Crippen LogP contribution is 2.16. The van der Waals surface area contributed by atoms with Crippen molar-refractivity contribution < 1.29 is 24.5 Å². The van der Waals surface area contributed by atoms with E-state index in [4.69, 9.17) is 4.74 Å². The van der Waals surface area contributed by atoms with Crippen LogP contribution in [0.15, 0.2) is 85.1 Å². The molecule has 0 aliphatic carbocycles. The Kier molecular flexibility index (Phi) is 45.7. The van der Waals surface area contributed by atoms with E-state index in [-0.39, 0.29) is 24.9 Å². The Morgan fingerprint density at radius 2 is 0.918 bits per heavy atom. The molecule has 0 aromatic carbocycles. The van der Waals surface area contributed by atoms with Gasteiger partial charge in [0.15, 0.2) is 0 Å². The van der Waals surface area contributed by atoms with Crippen LogP contribution in [0.5, 0.6) is 0 Å². The Labute approximate surface area is 376 Å². The Morgan fingerprint density at radius 1 is 0.508 bits per heavy atom. The molecule has 0 aliphatic rings. The maximum absolute atomic E-state index is 13.2. The summed E-state index contributed by atoms with van der Waals surface area (Å²) < 4.78 is 5.81. The van der Waals surface area contributed by atoms with E-state index in [0.29, 0.717) is 19.3 Å². The summed E-state index contributed by atoms with van der Waals surface area (Å²) in [6.07, 6.45) is 62.4. The van der Waals surface area contributed by atoms with Gasteiger partial charge in [-0.2, -0.15) is 0 Å². The number of aliphatic hydroxyl groups excluding tert-OH is 2. The number of carbonyl (C=O) groups excluding carboxylic acids is 2. The molecule has 61 heavy (non-hydrogen) atoms. The molecule has 350 valence electrons. The summed E-state index contributed by atoms with van der Waals surface area (Å²) >= 11 is 0. The molecule has 6 heteroatoms. The number of aliphatic hydroxyl groups is 2. The molecular weight excluding hydrogens is 755 g/mol. The van der Waals surface area contributed by atoms with Crippen molar-refractivity contribution in [2.45, 2.75) is 244 Å². The largest absolute Gasteiger partial charge is 0.458 e. The van der Waals surface area contributed by atoms with Crippen molar-refractivity contribution in [3.05, 3.63) is 85.1 Å². The topological polar surface area (TPSA) is 95.9 Å². The zero-order valence-corrected chi connectivity index (χ0v) is 39.8. The molecule has 1 amide bonds. The Hall–Kier alpha value is -2.96. The molecular formula is C55H95NO5. The number of allylic oxidation sites excluding steroid dienone is 13. The highest BCUT2D eigenvalue weighted by molar-refractivity contribution is 5.78. The van der Waals surface area contributed by atoms with Crippen molar-refractivity contribution >= 4 is 11.9 Å². The SMILES string of the molecule is CC/C=C/C/C=C/C/C=C/C/C=C/C/C=C/C(CC(=O)NC(CO)C(O)CCCCCCCCCCCCCCCC)OC(=O)CCCCCCCCC/C=C/C/C=C/CC.